The van der Waals surface area contributed by atoms with E-state index in [9.17, 15) is 9.79 Å². The number of methoxy groups -OCH3 is 1. The topological polar surface area (TPSA) is 151 Å². The highest BCUT2D eigenvalue weighted by Crippen LogP contribution is 2.42. The number of aromatic nitrogens is 4. The maximum absolute atomic E-state index is 9.23. The zero-order chi connectivity index (χ0) is 28.6. The third kappa shape index (κ3) is 7.11. The number of hydrogen-bond acceptors (Lipinski definition) is 11. The van der Waals surface area contributed by atoms with Gasteiger partial charge in [-0.05, 0) is 42.4 Å². The van der Waals surface area contributed by atoms with Crippen LogP contribution in [-0.2, 0) is 39.7 Å². The Hall–Kier alpha value is -1.36. The summed E-state index contributed by atoms with van der Waals surface area (Å²) < 4.78 is 37.0. The first kappa shape index (κ1) is 30.6. The number of hydrogen-bond donors (Lipinski definition) is 3. The second-order valence-electron chi connectivity index (χ2n) is 11.1. The van der Waals surface area contributed by atoms with Crippen LogP contribution in [0.25, 0.3) is 11.2 Å². The molecule has 2 saturated heterocycles. The lowest BCUT2D eigenvalue weighted by molar-refractivity contribution is -0.256. The van der Waals surface area contributed by atoms with E-state index in [2.05, 4.69) is 65.9 Å². The van der Waals surface area contributed by atoms with Gasteiger partial charge in [0, 0.05) is 13.7 Å². The molecule has 1 unspecified atom stereocenters. The van der Waals surface area contributed by atoms with Crippen molar-refractivity contribution in [2.45, 2.75) is 76.8 Å². The fraction of sp³-hybridized carbons (Fsp3) is 0.696. The molecule has 4 heterocycles. The first-order chi connectivity index (χ1) is 18.2. The molecule has 5 atom stereocenters. The van der Waals surface area contributed by atoms with Gasteiger partial charge >= 0.3 is 6.72 Å². The number of nitrogens with zero attached hydrogens (tertiary/aromatic N) is 4. The summed E-state index contributed by atoms with van der Waals surface area (Å²) >= 11 is 4.48. The summed E-state index contributed by atoms with van der Waals surface area (Å²) in [7, 11) is -0.480. The van der Waals surface area contributed by atoms with E-state index >= 15 is 0 Å². The van der Waals surface area contributed by atoms with Crippen molar-refractivity contribution in [2.75, 3.05) is 32.2 Å². The molecule has 3 N–H and O–H groups in total. The fourth-order valence-corrected chi connectivity index (χ4v) is 5.56. The van der Waals surface area contributed by atoms with Crippen LogP contribution < -0.4 is 5.32 Å². The van der Waals surface area contributed by atoms with Crippen molar-refractivity contribution in [1.29, 1.82) is 0 Å². The Kier molecular flexibility index (Phi) is 9.30. The van der Waals surface area contributed by atoms with Crippen molar-refractivity contribution in [1.82, 2.24) is 19.5 Å². The van der Waals surface area contributed by atoms with E-state index in [0.29, 0.717) is 30.1 Å². The lowest BCUT2D eigenvalue weighted by atomic mass is 10.1. The van der Waals surface area contributed by atoms with E-state index in [1.807, 2.05) is 10.6 Å². The van der Waals surface area contributed by atoms with E-state index in [0.717, 1.165) is 5.57 Å². The molecule has 2 aromatic heterocycles. The van der Waals surface area contributed by atoms with Gasteiger partial charge in [0.05, 0.1) is 19.5 Å². The number of ether oxygens (including phenoxy) is 4. The Labute approximate surface area is 234 Å². The SMILES string of the molecule is COC1O[C@@H]2[C@H](O1)[C@@H](CO[Si](C)(C)C(C)(C)C)O[C@H]2n1cnc2c(NC/C=C(\C)COP(O)(O)=S)ncnc21. The van der Waals surface area contributed by atoms with Gasteiger partial charge in [-0.3, -0.25) is 4.57 Å². The summed E-state index contributed by atoms with van der Waals surface area (Å²) in [5, 5.41) is 3.27. The fourth-order valence-electron chi connectivity index (χ4n) is 4.02. The number of fused-ring (bicyclic) bond motifs is 2. The molecule has 2 fully saturated rings. The molecule has 0 aromatic carbocycles. The highest BCUT2D eigenvalue weighted by Gasteiger charge is 2.54. The first-order valence-corrected chi connectivity index (χ1v) is 18.1. The average Bonchev–Trinajstić information content (AvgIpc) is 3.54. The van der Waals surface area contributed by atoms with Crippen LogP contribution in [0.2, 0.25) is 18.1 Å². The molecule has 39 heavy (non-hydrogen) atoms. The van der Waals surface area contributed by atoms with Crippen LogP contribution >= 0.6 is 6.72 Å². The Bertz CT molecular complexity index is 1230. The van der Waals surface area contributed by atoms with Gasteiger partial charge < -0.3 is 43.0 Å². The predicted molar refractivity (Wildman–Crippen MR) is 150 cm³/mol. The maximum atomic E-state index is 9.23. The van der Waals surface area contributed by atoms with Crippen LogP contribution in [0, 0.1) is 0 Å². The molecule has 0 spiro atoms. The van der Waals surface area contributed by atoms with Gasteiger partial charge in [0.15, 0.2) is 31.5 Å². The van der Waals surface area contributed by atoms with Gasteiger partial charge in [0.1, 0.15) is 24.6 Å². The van der Waals surface area contributed by atoms with Crippen LogP contribution in [0.4, 0.5) is 5.82 Å². The molecule has 0 saturated carbocycles. The van der Waals surface area contributed by atoms with Crippen molar-refractivity contribution in [2.24, 2.45) is 0 Å². The molecule has 0 radical (unpaired) electrons. The van der Waals surface area contributed by atoms with Crippen LogP contribution in [0.1, 0.15) is 33.9 Å². The Morgan fingerprint density at radius 2 is 1.92 bits per heavy atom. The third-order valence-electron chi connectivity index (χ3n) is 7.24. The molecule has 0 amide bonds. The van der Waals surface area contributed by atoms with Gasteiger partial charge in [-0.2, -0.15) is 0 Å². The monoisotopic (exact) mass is 603 g/mol. The van der Waals surface area contributed by atoms with Crippen LogP contribution in [-0.4, -0.2) is 89.3 Å². The molecule has 0 aliphatic carbocycles. The molecule has 2 aliphatic rings. The minimum absolute atomic E-state index is 0.0200. The minimum atomic E-state index is -3.70. The maximum Gasteiger partial charge on any atom is 0.322 e. The quantitative estimate of drug-likeness (QED) is 0.196. The van der Waals surface area contributed by atoms with Gasteiger partial charge in [0.25, 0.3) is 6.48 Å². The Morgan fingerprint density at radius 1 is 1.21 bits per heavy atom. The predicted octanol–water partition coefficient (Wildman–Crippen LogP) is 3.04. The Balaban J connectivity index is 1.50. The second kappa shape index (κ2) is 11.9. The largest absolute Gasteiger partial charge is 0.414 e. The van der Waals surface area contributed by atoms with Crippen LogP contribution in [0.5, 0.6) is 0 Å². The van der Waals surface area contributed by atoms with E-state index < -0.39 is 33.8 Å². The third-order valence-corrected chi connectivity index (χ3v) is 12.5. The summed E-state index contributed by atoms with van der Waals surface area (Å²) in [6.07, 6.45) is 3.18. The van der Waals surface area contributed by atoms with E-state index in [4.69, 9.17) is 27.9 Å². The van der Waals surface area contributed by atoms with Crippen molar-refractivity contribution in [3.05, 3.63) is 24.3 Å². The molecule has 13 nitrogen and oxygen atoms in total. The zero-order valence-corrected chi connectivity index (χ0v) is 25.9. The first-order valence-electron chi connectivity index (χ1n) is 12.6. The molecular formula is C23H38N5O8PSSi. The highest BCUT2D eigenvalue weighted by atomic mass is 32.5. The number of anilines is 1. The van der Waals surface area contributed by atoms with E-state index in [-0.39, 0.29) is 23.9 Å². The molecule has 2 aromatic rings. The number of imidazole rings is 1. The standard InChI is InChI=1S/C23H38N5O8PSSi/c1-14(10-32-37(29,30)38)8-9-24-19-16-20(26-12-25-19)28(13-27-16)21-18-17(35-22(31-5)36-18)15(34-21)11-33-39(6,7)23(2,3)4/h8,12-13,15,17-18,21-22H,9-11H2,1-7H3,(H,24,25,26)(H2,29,30,38)/b14-8+/t15-,17-,18-,21-,22?/m1/s1. The average molecular weight is 604 g/mol. The lowest BCUT2D eigenvalue weighted by Crippen LogP contribution is -2.44. The normalized spacial score (nSPS) is 26.4. The van der Waals surface area contributed by atoms with Crippen LogP contribution in [0.3, 0.4) is 0 Å². The van der Waals surface area contributed by atoms with Gasteiger partial charge in [-0.25, -0.2) is 15.0 Å². The highest BCUT2D eigenvalue weighted by molar-refractivity contribution is 8.06. The minimum Gasteiger partial charge on any atom is -0.414 e. The van der Waals surface area contributed by atoms with Crippen molar-refractivity contribution >= 4 is 43.8 Å². The molecule has 2 aliphatic heterocycles. The van der Waals surface area contributed by atoms with Crippen LogP contribution in [0.15, 0.2) is 24.3 Å². The summed E-state index contributed by atoms with van der Waals surface area (Å²) in [6.45, 7) is 9.09. The van der Waals surface area contributed by atoms with Crippen molar-refractivity contribution < 1.29 is 37.7 Å². The smallest absolute Gasteiger partial charge is 0.322 e. The number of nitrogens with one attached hydrogen (secondary N) is 1. The molecule has 0 bridgehead atoms. The number of rotatable bonds is 11. The van der Waals surface area contributed by atoms with Crippen molar-refractivity contribution in [3.8, 4) is 0 Å². The molecule has 4 rings (SSSR count). The molecular weight excluding hydrogens is 565 g/mol. The van der Waals surface area contributed by atoms with Crippen molar-refractivity contribution in [3.63, 3.8) is 0 Å². The van der Waals surface area contributed by atoms with Gasteiger partial charge in [-0.15, -0.1) is 0 Å². The summed E-state index contributed by atoms with van der Waals surface area (Å²) in [4.78, 5) is 31.8. The van der Waals surface area contributed by atoms with E-state index in [1.165, 1.54) is 13.4 Å². The molecule has 218 valence electrons. The lowest BCUT2D eigenvalue weighted by Gasteiger charge is -2.37. The molecule has 16 heteroatoms. The zero-order valence-electron chi connectivity index (χ0n) is 23.2. The summed E-state index contributed by atoms with van der Waals surface area (Å²) in [5.41, 5.74) is 1.90. The summed E-state index contributed by atoms with van der Waals surface area (Å²) in [6, 6.07) is 0. The van der Waals surface area contributed by atoms with Gasteiger partial charge in [0.2, 0.25) is 0 Å². The summed E-state index contributed by atoms with van der Waals surface area (Å²) in [5.74, 6) is 0.531. The van der Waals surface area contributed by atoms with E-state index in [1.54, 1.807) is 13.3 Å². The second-order valence-corrected chi connectivity index (χ2v) is 18.6. The van der Waals surface area contributed by atoms with Gasteiger partial charge in [-0.1, -0.05) is 26.8 Å². The Morgan fingerprint density at radius 3 is 2.59 bits per heavy atom.